The molecule has 0 amide bonds. The molecule has 0 radical (unpaired) electrons. The molecule has 3 N–H and O–H groups in total. The highest BCUT2D eigenvalue weighted by molar-refractivity contribution is 5.31. The average Bonchev–Trinajstić information content (AvgIpc) is 2.91. The van der Waals surface area contributed by atoms with Gasteiger partial charge in [-0.05, 0) is 36.5 Å². The normalized spacial score (nSPS) is 18.6. The Morgan fingerprint density at radius 1 is 1.54 bits per heavy atom. The van der Waals surface area contributed by atoms with Gasteiger partial charge in [0.2, 0.25) is 0 Å². The number of phenols is 1. The Hall–Kier alpha value is -1.09. The van der Waals surface area contributed by atoms with Gasteiger partial charge in [0.05, 0.1) is 0 Å². The van der Waals surface area contributed by atoms with Crippen LogP contribution in [0.3, 0.4) is 0 Å². The molecule has 1 saturated carbocycles. The Bertz CT molecular complexity index is 328. The summed E-state index contributed by atoms with van der Waals surface area (Å²) < 4.78 is 12.7. The summed E-state index contributed by atoms with van der Waals surface area (Å²) in [7, 11) is 0. The fourth-order valence-corrected chi connectivity index (χ4v) is 1.46. The molecule has 1 aromatic rings. The van der Waals surface area contributed by atoms with Crippen LogP contribution in [0.25, 0.3) is 0 Å². The van der Waals surface area contributed by atoms with Crippen molar-refractivity contribution in [3.05, 3.63) is 29.6 Å². The highest BCUT2D eigenvalue weighted by Crippen LogP contribution is 2.40. The van der Waals surface area contributed by atoms with Gasteiger partial charge in [-0.3, -0.25) is 0 Å². The van der Waals surface area contributed by atoms with Gasteiger partial charge >= 0.3 is 0 Å². The third-order valence-corrected chi connectivity index (χ3v) is 2.48. The molecule has 3 heteroatoms. The SMILES string of the molecule is NC(c1ccc(F)c(O)c1)C1CC1.[HH]. The summed E-state index contributed by atoms with van der Waals surface area (Å²) in [6.07, 6.45) is 2.28. The molecule has 0 spiro atoms. The number of aromatic hydroxyl groups is 1. The van der Waals surface area contributed by atoms with Crippen molar-refractivity contribution in [1.29, 1.82) is 0 Å². The molecule has 1 aliphatic carbocycles. The second-order valence-electron chi connectivity index (χ2n) is 3.57. The molecule has 2 rings (SSSR count). The van der Waals surface area contributed by atoms with E-state index in [0.29, 0.717) is 5.92 Å². The van der Waals surface area contributed by atoms with Gasteiger partial charge in [0, 0.05) is 7.47 Å². The van der Waals surface area contributed by atoms with E-state index >= 15 is 0 Å². The minimum atomic E-state index is -0.591. The summed E-state index contributed by atoms with van der Waals surface area (Å²) in [5, 5.41) is 9.12. The van der Waals surface area contributed by atoms with E-state index in [-0.39, 0.29) is 13.2 Å². The van der Waals surface area contributed by atoms with E-state index in [1.807, 2.05) is 0 Å². The van der Waals surface area contributed by atoms with Crippen LogP contribution in [0.2, 0.25) is 0 Å². The molecule has 0 heterocycles. The quantitative estimate of drug-likeness (QED) is 0.738. The van der Waals surface area contributed by atoms with E-state index < -0.39 is 5.82 Å². The van der Waals surface area contributed by atoms with Gasteiger partial charge in [-0.1, -0.05) is 6.07 Å². The van der Waals surface area contributed by atoms with Crippen LogP contribution in [0.4, 0.5) is 4.39 Å². The molecule has 1 aliphatic rings. The van der Waals surface area contributed by atoms with Gasteiger partial charge < -0.3 is 10.8 Å². The molecular weight excluding hydrogens is 169 g/mol. The predicted molar refractivity (Wildman–Crippen MR) is 49.8 cm³/mol. The number of benzene rings is 1. The van der Waals surface area contributed by atoms with Crippen molar-refractivity contribution in [2.45, 2.75) is 18.9 Å². The maximum atomic E-state index is 12.7. The first kappa shape index (κ1) is 8.51. The molecule has 13 heavy (non-hydrogen) atoms. The zero-order chi connectivity index (χ0) is 9.42. The Morgan fingerprint density at radius 2 is 2.23 bits per heavy atom. The second-order valence-corrected chi connectivity index (χ2v) is 3.57. The smallest absolute Gasteiger partial charge is 0.164 e. The predicted octanol–water partition coefficient (Wildman–Crippen LogP) is 2.19. The molecule has 1 unspecified atom stereocenters. The largest absolute Gasteiger partial charge is 0.505 e. The number of hydrogen-bond donors (Lipinski definition) is 2. The van der Waals surface area contributed by atoms with Crippen LogP contribution in [-0.2, 0) is 0 Å². The van der Waals surface area contributed by atoms with Crippen LogP contribution in [0.1, 0.15) is 25.9 Å². The topological polar surface area (TPSA) is 46.2 Å². The molecular formula is C10H14FNO. The second kappa shape index (κ2) is 3.00. The third kappa shape index (κ3) is 1.65. The van der Waals surface area contributed by atoms with Crippen LogP contribution in [-0.4, -0.2) is 5.11 Å². The zero-order valence-electron chi connectivity index (χ0n) is 7.20. The maximum Gasteiger partial charge on any atom is 0.164 e. The van der Waals surface area contributed by atoms with E-state index in [2.05, 4.69) is 0 Å². The lowest BCUT2D eigenvalue weighted by Gasteiger charge is -2.10. The van der Waals surface area contributed by atoms with Crippen molar-refractivity contribution in [3.63, 3.8) is 0 Å². The number of nitrogens with two attached hydrogens (primary N) is 1. The lowest BCUT2D eigenvalue weighted by atomic mass is 10.0. The minimum Gasteiger partial charge on any atom is -0.505 e. The highest BCUT2D eigenvalue weighted by atomic mass is 19.1. The molecule has 0 aliphatic heterocycles. The van der Waals surface area contributed by atoms with Crippen molar-refractivity contribution >= 4 is 0 Å². The third-order valence-electron chi connectivity index (χ3n) is 2.48. The molecule has 0 saturated heterocycles. The van der Waals surface area contributed by atoms with Crippen molar-refractivity contribution in [2.24, 2.45) is 11.7 Å². The molecule has 1 aromatic carbocycles. The van der Waals surface area contributed by atoms with Gasteiger partial charge in [-0.25, -0.2) is 4.39 Å². The lowest BCUT2D eigenvalue weighted by molar-refractivity contribution is 0.430. The molecule has 0 aromatic heterocycles. The monoisotopic (exact) mass is 183 g/mol. The number of rotatable bonds is 2. The first-order chi connectivity index (χ1) is 6.18. The molecule has 0 bridgehead atoms. The molecule has 72 valence electrons. The lowest BCUT2D eigenvalue weighted by Crippen LogP contribution is -2.12. The van der Waals surface area contributed by atoms with Crippen LogP contribution in [0.5, 0.6) is 5.75 Å². The van der Waals surface area contributed by atoms with Crippen molar-refractivity contribution in [1.82, 2.24) is 0 Å². The van der Waals surface area contributed by atoms with Gasteiger partial charge in [0.25, 0.3) is 0 Å². The first-order valence-corrected chi connectivity index (χ1v) is 4.42. The van der Waals surface area contributed by atoms with Crippen LogP contribution in [0, 0.1) is 11.7 Å². The van der Waals surface area contributed by atoms with Gasteiger partial charge in [-0.15, -0.1) is 0 Å². The summed E-state index contributed by atoms with van der Waals surface area (Å²) >= 11 is 0. The van der Waals surface area contributed by atoms with E-state index in [4.69, 9.17) is 10.8 Å². The van der Waals surface area contributed by atoms with E-state index in [1.165, 1.54) is 12.1 Å². The molecule has 2 nitrogen and oxygen atoms in total. The average molecular weight is 183 g/mol. The van der Waals surface area contributed by atoms with Gasteiger partial charge in [0.15, 0.2) is 11.6 Å². The fraction of sp³-hybridized carbons (Fsp3) is 0.400. The summed E-state index contributed by atoms with van der Waals surface area (Å²) in [4.78, 5) is 0. The highest BCUT2D eigenvalue weighted by Gasteiger charge is 2.29. The molecule has 1 atom stereocenters. The Kier molecular flexibility index (Phi) is 1.96. The molecule has 1 fully saturated rings. The number of halogens is 1. The van der Waals surface area contributed by atoms with E-state index in [0.717, 1.165) is 18.4 Å². The summed E-state index contributed by atoms with van der Waals surface area (Å²) in [5.74, 6) is -0.384. The summed E-state index contributed by atoms with van der Waals surface area (Å²) in [6, 6.07) is 4.26. The number of phenolic OH excluding ortho intramolecular Hbond substituents is 1. The Balaban J connectivity index is 0.000000980. The number of hydrogen-bond acceptors (Lipinski definition) is 2. The minimum absolute atomic E-state index is 0. The first-order valence-electron chi connectivity index (χ1n) is 4.42. The van der Waals surface area contributed by atoms with E-state index in [9.17, 15) is 4.39 Å². The summed E-state index contributed by atoms with van der Waals surface area (Å²) in [6.45, 7) is 0. The Morgan fingerprint density at radius 3 is 2.77 bits per heavy atom. The van der Waals surface area contributed by atoms with Crippen molar-refractivity contribution in [2.75, 3.05) is 0 Å². The zero-order valence-corrected chi connectivity index (χ0v) is 7.20. The van der Waals surface area contributed by atoms with Crippen LogP contribution >= 0.6 is 0 Å². The van der Waals surface area contributed by atoms with Gasteiger partial charge in [0.1, 0.15) is 0 Å². The summed E-state index contributed by atoms with van der Waals surface area (Å²) in [5.41, 5.74) is 6.71. The van der Waals surface area contributed by atoms with E-state index in [1.54, 1.807) is 6.07 Å². The van der Waals surface area contributed by atoms with Crippen molar-refractivity contribution < 1.29 is 10.9 Å². The standard InChI is InChI=1S/C10H12FNO.H2/c11-8-4-3-7(5-9(8)13)10(12)6-1-2-6;/h3-6,10,13H,1-2,12H2;1H. The fourth-order valence-electron chi connectivity index (χ4n) is 1.46. The van der Waals surface area contributed by atoms with Crippen LogP contribution < -0.4 is 5.73 Å². The maximum absolute atomic E-state index is 12.7. The van der Waals surface area contributed by atoms with Crippen molar-refractivity contribution in [3.8, 4) is 5.75 Å². The van der Waals surface area contributed by atoms with Crippen LogP contribution in [0.15, 0.2) is 18.2 Å². The van der Waals surface area contributed by atoms with Gasteiger partial charge in [-0.2, -0.15) is 0 Å². The Labute approximate surface area is 77.7 Å².